The van der Waals surface area contributed by atoms with Crippen LogP contribution in [0.15, 0.2) is 5.38 Å². The number of urea groups is 1. The van der Waals surface area contributed by atoms with Crippen LogP contribution in [0.3, 0.4) is 0 Å². The Morgan fingerprint density at radius 1 is 1.76 bits per heavy atom. The summed E-state index contributed by atoms with van der Waals surface area (Å²) in [5.41, 5.74) is 0.999. The second-order valence-corrected chi connectivity index (χ2v) is 5.11. The molecule has 1 aliphatic heterocycles. The number of hydrogen-bond donors (Lipinski definition) is 1. The van der Waals surface area contributed by atoms with Gasteiger partial charge >= 0.3 is 6.03 Å². The average Bonchev–Trinajstić information content (AvgIpc) is 2.72. The number of nitrogens with one attached hydrogen (secondary N) is 1. The van der Waals surface area contributed by atoms with Crippen LogP contribution >= 0.6 is 11.3 Å². The van der Waals surface area contributed by atoms with Gasteiger partial charge in [0, 0.05) is 24.2 Å². The molecule has 0 saturated carbocycles. The fraction of sp³-hybridized carbons (Fsp3) is 0.636. The van der Waals surface area contributed by atoms with Gasteiger partial charge in [-0.2, -0.15) is 0 Å². The lowest BCUT2D eigenvalue weighted by Gasteiger charge is -2.31. The highest BCUT2D eigenvalue weighted by Crippen LogP contribution is 2.09. The molecule has 5 nitrogen and oxygen atoms in total. The van der Waals surface area contributed by atoms with E-state index in [1.54, 1.807) is 16.2 Å². The Labute approximate surface area is 105 Å². The first-order valence-corrected chi connectivity index (χ1v) is 6.58. The van der Waals surface area contributed by atoms with Gasteiger partial charge in [0.1, 0.15) is 5.01 Å². The molecule has 0 aliphatic carbocycles. The monoisotopic (exact) mass is 255 g/mol. The van der Waals surface area contributed by atoms with Crippen LogP contribution in [0.25, 0.3) is 0 Å². The van der Waals surface area contributed by atoms with Gasteiger partial charge in [0.15, 0.2) is 0 Å². The largest absolute Gasteiger partial charge is 0.375 e. The van der Waals surface area contributed by atoms with E-state index in [4.69, 9.17) is 4.74 Å². The lowest BCUT2D eigenvalue weighted by molar-refractivity contribution is -0.00351. The zero-order valence-electron chi connectivity index (χ0n) is 10.1. The maximum atomic E-state index is 11.9. The minimum Gasteiger partial charge on any atom is -0.375 e. The minimum atomic E-state index is -0.0343. The second kappa shape index (κ2) is 5.46. The molecular formula is C11H17N3O2S. The highest BCUT2D eigenvalue weighted by molar-refractivity contribution is 7.09. The Morgan fingerprint density at radius 2 is 2.59 bits per heavy atom. The van der Waals surface area contributed by atoms with Crippen LogP contribution in [-0.2, 0) is 11.3 Å². The van der Waals surface area contributed by atoms with Crippen LogP contribution in [0.4, 0.5) is 4.79 Å². The number of ether oxygens (including phenoxy) is 1. The van der Waals surface area contributed by atoms with Gasteiger partial charge in [0.05, 0.1) is 19.3 Å². The molecule has 0 aromatic carbocycles. The van der Waals surface area contributed by atoms with E-state index in [2.05, 4.69) is 10.3 Å². The van der Waals surface area contributed by atoms with Gasteiger partial charge in [0.2, 0.25) is 0 Å². The summed E-state index contributed by atoms with van der Waals surface area (Å²) in [6.45, 7) is 6.36. The molecule has 0 spiro atoms. The van der Waals surface area contributed by atoms with Crippen LogP contribution in [0.5, 0.6) is 0 Å². The Bertz CT molecular complexity index is 394. The van der Waals surface area contributed by atoms with E-state index in [1.807, 2.05) is 19.2 Å². The minimum absolute atomic E-state index is 0.0343. The van der Waals surface area contributed by atoms with Crippen LogP contribution in [-0.4, -0.2) is 41.7 Å². The predicted octanol–water partition coefficient (Wildman–Crippen LogP) is 1.38. The predicted molar refractivity (Wildman–Crippen MR) is 66.1 cm³/mol. The molecule has 6 heteroatoms. The number of carbonyl (C=O) groups excluding carboxylic acids is 1. The third-order valence-corrected chi connectivity index (χ3v) is 3.55. The first-order valence-electron chi connectivity index (χ1n) is 5.70. The molecule has 0 bridgehead atoms. The number of aryl methyl sites for hydroxylation is 1. The molecule has 94 valence electrons. The van der Waals surface area contributed by atoms with Crippen molar-refractivity contribution in [3.8, 4) is 0 Å². The van der Waals surface area contributed by atoms with Crippen molar-refractivity contribution in [2.45, 2.75) is 26.5 Å². The van der Waals surface area contributed by atoms with Gasteiger partial charge in [-0.15, -0.1) is 11.3 Å². The number of hydrogen-bond acceptors (Lipinski definition) is 4. The van der Waals surface area contributed by atoms with Gasteiger partial charge in [-0.1, -0.05) is 0 Å². The first kappa shape index (κ1) is 12.3. The summed E-state index contributed by atoms with van der Waals surface area (Å²) in [6.07, 6.45) is 0.122. The number of amides is 2. The van der Waals surface area contributed by atoms with Gasteiger partial charge in [0.25, 0.3) is 0 Å². The zero-order valence-corrected chi connectivity index (χ0v) is 10.9. The summed E-state index contributed by atoms with van der Waals surface area (Å²) in [7, 11) is 0. The molecule has 0 radical (unpaired) electrons. The van der Waals surface area contributed by atoms with Crippen molar-refractivity contribution in [2.24, 2.45) is 0 Å². The third kappa shape index (κ3) is 3.41. The van der Waals surface area contributed by atoms with E-state index < -0.39 is 0 Å². The zero-order chi connectivity index (χ0) is 12.3. The standard InChI is InChI=1S/C11H17N3O2S/c1-8-7-17-10(13-8)5-12-11(15)14-3-4-16-9(2)6-14/h7,9H,3-6H2,1-2H3,(H,12,15). The average molecular weight is 255 g/mol. The lowest BCUT2D eigenvalue weighted by Crippen LogP contribution is -2.48. The summed E-state index contributed by atoms with van der Waals surface area (Å²) < 4.78 is 5.39. The molecule has 1 aromatic rings. The number of aromatic nitrogens is 1. The smallest absolute Gasteiger partial charge is 0.317 e. The molecule has 1 saturated heterocycles. The van der Waals surface area contributed by atoms with Crippen molar-refractivity contribution < 1.29 is 9.53 Å². The van der Waals surface area contributed by atoms with E-state index in [0.717, 1.165) is 10.7 Å². The van der Waals surface area contributed by atoms with Crippen molar-refractivity contribution in [1.82, 2.24) is 15.2 Å². The maximum Gasteiger partial charge on any atom is 0.317 e. The van der Waals surface area contributed by atoms with E-state index in [-0.39, 0.29) is 12.1 Å². The molecule has 1 aromatic heterocycles. The quantitative estimate of drug-likeness (QED) is 0.868. The van der Waals surface area contributed by atoms with Crippen molar-refractivity contribution in [1.29, 1.82) is 0 Å². The Hall–Kier alpha value is -1.14. The van der Waals surface area contributed by atoms with Gasteiger partial charge in [-0.3, -0.25) is 0 Å². The lowest BCUT2D eigenvalue weighted by atomic mass is 10.3. The van der Waals surface area contributed by atoms with Gasteiger partial charge in [-0.25, -0.2) is 9.78 Å². The number of carbonyl (C=O) groups is 1. The Balaban J connectivity index is 1.80. The molecule has 2 rings (SSSR count). The summed E-state index contributed by atoms with van der Waals surface area (Å²) in [5.74, 6) is 0. The van der Waals surface area contributed by atoms with Gasteiger partial charge in [-0.05, 0) is 13.8 Å². The molecule has 17 heavy (non-hydrogen) atoms. The van der Waals surface area contributed by atoms with Crippen LogP contribution < -0.4 is 5.32 Å². The fourth-order valence-electron chi connectivity index (χ4n) is 1.75. The van der Waals surface area contributed by atoms with E-state index >= 15 is 0 Å². The normalized spacial score (nSPS) is 20.4. The molecule has 1 unspecified atom stereocenters. The van der Waals surface area contributed by atoms with E-state index in [0.29, 0.717) is 26.2 Å². The SMILES string of the molecule is Cc1csc(CNC(=O)N2CCOC(C)C2)n1. The topological polar surface area (TPSA) is 54.5 Å². The molecule has 2 amide bonds. The number of nitrogens with zero attached hydrogens (tertiary/aromatic N) is 2. The number of morpholine rings is 1. The highest BCUT2D eigenvalue weighted by atomic mass is 32.1. The van der Waals surface area contributed by atoms with Crippen LogP contribution in [0.2, 0.25) is 0 Å². The molecular weight excluding hydrogens is 238 g/mol. The van der Waals surface area contributed by atoms with Crippen molar-refractivity contribution in [2.75, 3.05) is 19.7 Å². The molecule has 1 atom stereocenters. The number of rotatable bonds is 2. The van der Waals surface area contributed by atoms with Crippen LogP contribution in [0, 0.1) is 6.92 Å². The van der Waals surface area contributed by atoms with Crippen LogP contribution in [0.1, 0.15) is 17.6 Å². The van der Waals surface area contributed by atoms with Crippen molar-refractivity contribution in [3.05, 3.63) is 16.1 Å². The second-order valence-electron chi connectivity index (χ2n) is 4.17. The Kier molecular flexibility index (Phi) is 3.96. The van der Waals surface area contributed by atoms with Crippen molar-refractivity contribution >= 4 is 17.4 Å². The summed E-state index contributed by atoms with van der Waals surface area (Å²) >= 11 is 1.57. The molecule has 1 aliphatic rings. The highest BCUT2D eigenvalue weighted by Gasteiger charge is 2.21. The molecule has 1 N–H and O–H groups in total. The summed E-state index contributed by atoms with van der Waals surface area (Å²) in [6, 6.07) is -0.0343. The first-order chi connectivity index (χ1) is 8.15. The van der Waals surface area contributed by atoms with E-state index in [9.17, 15) is 4.79 Å². The maximum absolute atomic E-state index is 11.9. The summed E-state index contributed by atoms with van der Waals surface area (Å²) in [5, 5.41) is 5.81. The number of thiazole rings is 1. The fourth-order valence-corrected chi connectivity index (χ4v) is 2.46. The summed E-state index contributed by atoms with van der Waals surface area (Å²) in [4.78, 5) is 17.9. The van der Waals surface area contributed by atoms with Crippen molar-refractivity contribution in [3.63, 3.8) is 0 Å². The molecule has 1 fully saturated rings. The van der Waals surface area contributed by atoms with E-state index in [1.165, 1.54) is 0 Å². The molecule has 2 heterocycles. The van der Waals surface area contributed by atoms with Gasteiger partial charge < -0.3 is 15.0 Å². The third-order valence-electron chi connectivity index (χ3n) is 2.59. The Morgan fingerprint density at radius 3 is 3.24 bits per heavy atom.